The lowest BCUT2D eigenvalue weighted by Crippen LogP contribution is -2.31. The summed E-state index contributed by atoms with van der Waals surface area (Å²) in [6.07, 6.45) is 3.78. The normalized spacial score (nSPS) is 24.4. The summed E-state index contributed by atoms with van der Waals surface area (Å²) in [7, 11) is 1.56. The number of rotatable bonds is 5. The van der Waals surface area contributed by atoms with Crippen LogP contribution in [0.15, 0.2) is 18.2 Å². The van der Waals surface area contributed by atoms with Gasteiger partial charge in [-0.1, -0.05) is 12.5 Å². The molecule has 3 unspecified atom stereocenters. The van der Waals surface area contributed by atoms with Crippen molar-refractivity contribution in [3.8, 4) is 5.75 Å². The minimum Gasteiger partial charge on any atom is -0.496 e. The standard InChI is InChI=1S/C16H24FNO2/c1-11(16-14(17)7-4-8-15(16)20-2)18-10-12-5-3-6-13(19)9-12/h4,7-8,11-13,18-19H,3,5-6,9-10H2,1-2H3. The fourth-order valence-corrected chi connectivity index (χ4v) is 3.01. The van der Waals surface area contributed by atoms with Crippen LogP contribution < -0.4 is 10.1 Å². The molecule has 1 aromatic carbocycles. The van der Waals surface area contributed by atoms with Crippen molar-refractivity contribution in [3.05, 3.63) is 29.6 Å². The Morgan fingerprint density at radius 1 is 1.45 bits per heavy atom. The lowest BCUT2D eigenvalue weighted by Gasteiger charge is -2.27. The van der Waals surface area contributed by atoms with Crippen molar-refractivity contribution in [1.82, 2.24) is 5.32 Å². The molecule has 3 atom stereocenters. The van der Waals surface area contributed by atoms with Gasteiger partial charge in [0.05, 0.1) is 13.2 Å². The van der Waals surface area contributed by atoms with Gasteiger partial charge in [0.15, 0.2) is 0 Å². The highest BCUT2D eigenvalue weighted by molar-refractivity contribution is 5.36. The Balaban J connectivity index is 1.96. The molecule has 1 saturated carbocycles. The summed E-state index contributed by atoms with van der Waals surface area (Å²) in [6, 6.07) is 4.79. The molecular weight excluding hydrogens is 257 g/mol. The van der Waals surface area contributed by atoms with E-state index in [1.54, 1.807) is 19.2 Å². The smallest absolute Gasteiger partial charge is 0.131 e. The van der Waals surface area contributed by atoms with E-state index in [0.717, 1.165) is 32.2 Å². The van der Waals surface area contributed by atoms with E-state index < -0.39 is 0 Å². The van der Waals surface area contributed by atoms with Gasteiger partial charge < -0.3 is 15.2 Å². The first-order valence-corrected chi connectivity index (χ1v) is 7.35. The minimum absolute atomic E-state index is 0.106. The van der Waals surface area contributed by atoms with Crippen LogP contribution in [0.25, 0.3) is 0 Å². The van der Waals surface area contributed by atoms with Crippen LogP contribution in [0.4, 0.5) is 4.39 Å². The van der Waals surface area contributed by atoms with Crippen LogP contribution in [0.5, 0.6) is 5.75 Å². The number of halogens is 1. The van der Waals surface area contributed by atoms with Crippen molar-refractivity contribution in [2.24, 2.45) is 5.92 Å². The van der Waals surface area contributed by atoms with Crippen molar-refractivity contribution in [2.75, 3.05) is 13.7 Å². The average Bonchev–Trinajstić information content (AvgIpc) is 2.44. The molecule has 1 aliphatic rings. The molecule has 20 heavy (non-hydrogen) atoms. The van der Waals surface area contributed by atoms with Crippen molar-refractivity contribution >= 4 is 0 Å². The van der Waals surface area contributed by atoms with Gasteiger partial charge >= 0.3 is 0 Å². The number of benzene rings is 1. The SMILES string of the molecule is COc1cccc(F)c1C(C)NCC1CCCC(O)C1. The lowest BCUT2D eigenvalue weighted by atomic mass is 9.87. The third-order valence-electron chi connectivity index (χ3n) is 4.13. The molecule has 0 radical (unpaired) electrons. The number of aliphatic hydroxyl groups excluding tert-OH is 1. The van der Waals surface area contributed by atoms with E-state index in [9.17, 15) is 9.50 Å². The van der Waals surface area contributed by atoms with Crippen molar-refractivity contribution in [3.63, 3.8) is 0 Å². The van der Waals surface area contributed by atoms with Gasteiger partial charge in [-0.15, -0.1) is 0 Å². The lowest BCUT2D eigenvalue weighted by molar-refractivity contribution is 0.0997. The van der Waals surface area contributed by atoms with E-state index >= 15 is 0 Å². The predicted octanol–water partition coefficient (Wildman–Crippen LogP) is 3.04. The van der Waals surface area contributed by atoms with Crippen LogP contribution in [0.3, 0.4) is 0 Å². The fraction of sp³-hybridized carbons (Fsp3) is 0.625. The van der Waals surface area contributed by atoms with Gasteiger partial charge in [-0.25, -0.2) is 4.39 Å². The molecule has 3 nitrogen and oxygen atoms in total. The fourth-order valence-electron chi connectivity index (χ4n) is 3.01. The Labute approximate surface area is 120 Å². The monoisotopic (exact) mass is 281 g/mol. The predicted molar refractivity (Wildman–Crippen MR) is 77.3 cm³/mol. The van der Waals surface area contributed by atoms with Crippen LogP contribution in [0, 0.1) is 11.7 Å². The van der Waals surface area contributed by atoms with Gasteiger partial charge in [0.1, 0.15) is 11.6 Å². The maximum absolute atomic E-state index is 14.0. The maximum atomic E-state index is 14.0. The Morgan fingerprint density at radius 2 is 2.25 bits per heavy atom. The molecule has 4 heteroatoms. The van der Waals surface area contributed by atoms with E-state index in [1.807, 2.05) is 6.92 Å². The first-order valence-electron chi connectivity index (χ1n) is 7.35. The zero-order chi connectivity index (χ0) is 14.5. The molecule has 0 aromatic heterocycles. The second-order valence-electron chi connectivity index (χ2n) is 5.67. The zero-order valence-electron chi connectivity index (χ0n) is 12.2. The van der Waals surface area contributed by atoms with Gasteiger partial charge in [-0.05, 0) is 50.8 Å². The Bertz CT molecular complexity index is 438. The minimum atomic E-state index is -0.243. The van der Waals surface area contributed by atoms with Crippen molar-refractivity contribution in [1.29, 1.82) is 0 Å². The van der Waals surface area contributed by atoms with Gasteiger partial charge in [0.25, 0.3) is 0 Å². The topological polar surface area (TPSA) is 41.5 Å². The van der Waals surface area contributed by atoms with Gasteiger partial charge in [0, 0.05) is 11.6 Å². The summed E-state index contributed by atoms with van der Waals surface area (Å²) < 4.78 is 19.2. The van der Waals surface area contributed by atoms with E-state index in [1.165, 1.54) is 6.07 Å². The summed E-state index contributed by atoms with van der Waals surface area (Å²) in [6.45, 7) is 2.75. The van der Waals surface area contributed by atoms with Crippen LogP contribution >= 0.6 is 0 Å². The summed E-state index contributed by atoms with van der Waals surface area (Å²) in [5.41, 5.74) is 0.575. The van der Waals surface area contributed by atoms with Gasteiger partial charge in [-0.2, -0.15) is 0 Å². The summed E-state index contributed by atoms with van der Waals surface area (Å²) in [5.74, 6) is 0.806. The Kier molecular flexibility index (Phi) is 5.38. The molecule has 0 saturated heterocycles. The van der Waals surface area contributed by atoms with E-state index in [4.69, 9.17) is 4.74 Å². The Hall–Kier alpha value is -1.13. The maximum Gasteiger partial charge on any atom is 0.131 e. The molecule has 1 fully saturated rings. The molecule has 0 bridgehead atoms. The molecule has 112 valence electrons. The number of methoxy groups -OCH3 is 1. The third kappa shape index (κ3) is 3.70. The molecule has 2 N–H and O–H groups in total. The largest absolute Gasteiger partial charge is 0.496 e. The summed E-state index contributed by atoms with van der Waals surface area (Å²) in [5, 5.41) is 13.1. The number of hydrogen-bond donors (Lipinski definition) is 2. The van der Waals surface area contributed by atoms with E-state index in [0.29, 0.717) is 17.2 Å². The number of aliphatic hydroxyl groups is 1. The molecular formula is C16H24FNO2. The second kappa shape index (κ2) is 7.04. The second-order valence-corrected chi connectivity index (χ2v) is 5.67. The summed E-state index contributed by atoms with van der Waals surface area (Å²) in [4.78, 5) is 0. The van der Waals surface area contributed by atoms with Crippen molar-refractivity contribution < 1.29 is 14.2 Å². The molecule has 0 amide bonds. The molecule has 1 aliphatic carbocycles. The Morgan fingerprint density at radius 3 is 2.95 bits per heavy atom. The van der Waals surface area contributed by atoms with E-state index in [2.05, 4.69) is 5.32 Å². The summed E-state index contributed by atoms with van der Waals surface area (Å²) >= 11 is 0. The molecule has 0 spiro atoms. The molecule has 0 aliphatic heterocycles. The number of hydrogen-bond acceptors (Lipinski definition) is 3. The van der Waals surface area contributed by atoms with Crippen LogP contribution in [0.2, 0.25) is 0 Å². The highest BCUT2D eigenvalue weighted by Crippen LogP contribution is 2.29. The van der Waals surface area contributed by atoms with Crippen molar-refractivity contribution in [2.45, 2.75) is 44.8 Å². The number of nitrogens with one attached hydrogen (secondary N) is 1. The zero-order valence-corrected chi connectivity index (χ0v) is 12.2. The highest BCUT2D eigenvalue weighted by Gasteiger charge is 2.22. The third-order valence-corrected chi connectivity index (χ3v) is 4.13. The van der Waals surface area contributed by atoms with Gasteiger partial charge in [-0.3, -0.25) is 0 Å². The first-order chi connectivity index (χ1) is 9.61. The number of ether oxygens (including phenoxy) is 1. The quantitative estimate of drug-likeness (QED) is 0.871. The van der Waals surface area contributed by atoms with Gasteiger partial charge in [0.2, 0.25) is 0 Å². The average molecular weight is 281 g/mol. The van der Waals surface area contributed by atoms with E-state index in [-0.39, 0.29) is 18.0 Å². The molecule has 2 rings (SSSR count). The highest BCUT2D eigenvalue weighted by atomic mass is 19.1. The first kappa shape index (κ1) is 15.3. The van der Waals surface area contributed by atoms with Crippen LogP contribution in [0.1, 0.15) is 44.2 Å². The van der Waals surface area contributed by atoms with Crippen LogP contribution in [-0.2, 0) is 0 Å². The molecule has 1 aromatic rings. The van der Waals surface area contributed by atoms with Crippen LogP contribution in [-0.4, -0.2) is 24.9 Å². The molecule has 0 heterocycles.